The lowest BCUT2D eigenvalue weighted by Gasteiger charge is -2.62. The van der Waals surface area contributed by atoms with E-state index in [4.69, 9.17) is 9.47 Å². The average molecular weight is 663 g/mol. The zero-order valence-corrected chi connectivity index (χ0v) is 27.7. The van der Waals surface area contributed by atoms with Crippen LogP contribution in [0.1, 0.15) is 78.2 Å². The highest BCUT2D eigenvalue weighted by atomic mass is 32.2. The van der Waals surface area contributed by atoms with Crippen LogP contribution < -0.4 is 0 Å². The van der Waals surface area contributed by atoms with Crippen molar-refractivity contribution in [2.45, 2.75) is 107 Å². The summed E-state index contributed by atoms with van der Waals surface area (Å²) in [6.07, 6.45) is 3.93. The van der Waals surface area contributed by atoms with Crippen LogP contribution in [-0.2, 0) is 25.5 Å². The first kappa shape index (κ1) is 34.3. The van der Waals surface area contributed by atoms with Crippen LogP contribution in [0, 0.1) is 28.6 Å². The number of fused-ring (bicyclic) bond motifs is 7. The minimum Gasteiger partial charge on any atom is -0.390 e. The summed E-state index contributed by atoms with van der Waals surface area (Å²) < 4.78 is 30.8. The largest absolute Gasteiger partial charge is 0.390 e. The number of rotatable bonds is 7. The SMILES string of the molecule is C.CC(C)Cc1cccc(Sc2ccc([C@@H]3O[C@@H]4C[C@H]5[C@@H]6CCC7=CC(=O)C=C[C@]7(C)[C@@]6(F)[C@@H](O)C[C@]5(C)[C@]4(C(=O)CO)O3)cc2)c1. The third-order valence-electron chi connectivity index (χ3n) is 11.9. The number of aliphatic hydroxyl groups is 2. The van der Waals surface area contributed by atoms with Gasteiger partial charge in [-0.1, -0.05) is 75.9 Å². The van der Waals surface area contributed by atoms with Gasteiger partial charge in [-0.15, -0.1) is 0 Å². The monoisotopic (exact) mass is 662 g/mol. The number of alkyl halides is 1. The van der Waals surface area contributed by atoms with Gasteiger partial charge < -0.3 is 19.7 Å². The second-order valence-corrected chi connectivity index (χ2v) is 16.0. The molecule has 0 bridgehead atoms. The van der Waals surface area contributed by atoms with Gasteiger partial charge in [-0.25, -0.2) is 4.39 Å². The number of benzene rings is 2. The molecule has 8 heteroatoms. The Morgan fingerprint density at radius 1 is 1.11 bits per heavy atom. The predicted molar refractivity (Wildman–Crippen MR) is 180 cm³/mol. The fourth-order valence-corrected chi connectivity index (χ4v) is 10.7. The van der Waals surface area contributed by atoms with Crippen molar-refractivity contribution < 1.29 is 33.7 Å². The van der Waals surface area contributed by atoms with Crippen LogP contribution in [0.5, 0.6) is 0 Å². The van der Waals surface area contributed by atoms with Crippen molar-refractivity contribution in [3.63, 3.8) is 0 Å². The van der Waals surface area contributed by atoms with E-state index in [2.05, 4.69) is 38.1 Å². The van der Waals surface area contributed by atoms with Crippen molar-refractivity contribution in [1.29, 1.82) is 0 Å². The van der Waals surface area contributed by atoms with Crippen LogP contribution in [-0.4, -0.2) is 51.9 Å². The Morgan fingerprint density at radius 2 is 1.85 bits per heavy atom. The molecule has 1 aliphatic heterocycles. The van der Waals surface area contributed by atoms with Gasteiger partial charge >= 0.3 is 0 Å². The number of carbonyl (C=O) groups is 2. The Labute approximate surface area is 281 Å². The molecular formula is C39H47FO6S. The quantitative estimate of drug-likeness (QED) is 0.320. The zero-order valence-electron chi connectivity index (χ0n) is 26.9. The Morgan fingerprint density at radius 3 is 2.55 bits per heavy atom. The fourth-order valence-electron chi connectivity index (χ4n) is 9.76. The highest BCUT2D eigenvalue weighted by molar-refractivity contribution is 7.99. The van der Waals surface area contributed by atoms with Crippen LogP contribution in [0.3, 0.4) is 0 Å². The molecule has 47 heavy (non-hydrogen) atoms. The van der Waals surface area contributed by atoms with Crippen LogP contribution in [0.25, 0.3) is 0 Å². The molecule has 5 aliphatic rings. The molecule has 2 aromatic rings. The van der Waals surface area contributed by atoms with E-state index in [1.165, 1.54) is 17.7 Å². The molecule has 2 N–H and O–H groups in total. The first-order valence-corrected chi connectivity index (χ1v) is 17.3. The summed E-state index contributed by atoms with van der Waals surface area (Å²) in [5.41, 5.74) is -2.89. The van der Waals surface area contributed by atoms with Crippen molar-refractivity contribution in [2.75, 3.05) is 6.61 Å². The van der Waals surface area contributed by atoms with E-state index >= 15 is 4.39 Å². The van der Waals surface area contributed by atoms with Crippen molar-refractivity contribution in [3.05, 3.63) is 83.5 Å². The molecule has 7 rings (SSSR count). The van der Waals surface area contributed by atoms with Gasteiger partial charge in [0.15, 0.2) is 29.1 Å². The number of hydrogen-bond acceptors (Lipinski definition) is 7. The summed E-state index contributed by atoms with van der Waals surface area (Å²) in [6.45, 7) is 7.37. The van der Waals surface area contributed by atoms with Gasteiger partial charge in [0.05, 0.1) is 12.2 Å². The lowest BCUT2D eigenvalue weighted by atomic mass is 9.44. The number of halogens is 1. The third-order valence-corrected chi connectivity index (χ3v) is 12.9. The summed E-state index contributed by atoms with van der Waals surface area (Å²) in [7, 11) is 0. The van der Waals surface area contributed by atoms with Crippen LogP contribution >= 0.6 is 11.8 Å². The lowest BCUT2D eigenvalue weighted by molar-refractivity contribution is -0.231. The molecule has 1 saturated heterocycles. The van der Waals surface area contributed by atoms with E-state index in [9.17, 15) is 19.8 Å². The maximum absolute atomic E-state index is 17.6. The molecule has 0 aromatic heterocycles. The van der Waals surface area contributed by atoms with Gasteiger partial charge in [-0.05, 0) is 92.8 Å². The maximum atomic E-state index is 17.6. The Bertz CT molecular complexity index is 1620. The molecular weight excluding hydrogens is 615 g/mol. The van der Waals surface area contributed by atoms with E-state index in [0.29, 0.717) is 30.8 Å². The van der Waals surface area contributed by atoms with E-state index in [-0.39, 0.29) is 25.5 Å². The van der Waals surface area contributed by atoms with Gasteiger partial charge in [0.25, 0.3) is 0 Å². The lowest BCUT2D eigenvalue weighted by Crippen LogP contribution is -2.69. The second-order valence-electron chi connectivity index (χ2n) is 14.8. The van der Waals surface area contributed by atoms with Crippen LogP contribution in [0.4, 0.5) is 4.39 Å². The van der Waals surface area contributed by atoms with Gasteiger partial charge in [0.2, 0.25) is 0 Å². The number of Topliss-reactive ketones (excluding diaryl/α,β-unsaturated/α-hetero) is 1. The summed E-state index contributed by atoms with van der Waals surface area (Å²) >= 11 is 1.68. The van der Waals surface area contributed by atoms with E-state index in [1.54, 1.807) is 24.8 Å². The van der Waals surface area contributed by atoms with Gasteiger partial charge in [-0.3, -0.25) is 9.59 Å². The molecule has 0 spiro atoms. The first-order chi connectivity index (χ1) is 21.9. The Balaban J connectivity index is 0.00000386. The summed E-state index contributed by atoms with van der Waals surface area (Å²) in [5.74, 6) is -1.00. The number of allylic oxidation sites excluding steroid dienone is 4. The fraction of sp³-hybridized carbons (Fsp3) is 0.538. The molecule has 6 nitrogen and oxygen atoms in total. The standard InChI is InChI=1S/C38H43FO6S.CH4/c1-22(2)16-23-6-5-7-28(17-23)46-27-11-8-24(9-12-27)34-44-33-19-30-29-13-10-25-18-26(41)14-15-35(25,3)37(29,39)31(42)20-36(30,4)38(33,45-34)32(43)21-40;/h5-9,11-12,14-15,17-18,22,29-31,33-34,40,42H,10,13,16,19-21H2,1-4H3;1H4/t29-,30-,31-,33+,34+,35-,36-,37-,38+;/m0./s1. The molecule has 4 aliphatic carbocycles. The molecule has 0 radical (unpaired) electrons. The average Bonchev–Trinajstić information content (AvgIpc) is 3.51. The predicted octanol–water partition coefficient (Wildman–Crippen LogP) is 7.37. The molecule has 1 heterocycles. The molecule has 0 amide bonds. The van der Waals surface area contributed by atoms with Crippen LogP contribution in [0.2, 0.25) is 0 Å². The topological polar surface area (TPSA) is 93.1 Å². The molecule has 2 aromatic carbocycles. The molecule has 4 fully saturated rings. The van der Waals surface area contributed by atoms with E-state index in [0.717, 1.165) is 21.8 Å². The highest BCUT2D eigenvalue weighted by Crippen LogP contribution is 2.72. The van der Waals surface area contributed by atoms with Gasteiger partial charge in [-0.2, -0.15) is 0 Å². The first-order valence-electron chi connectivity index (χ1n) is 16.5. The molecule has 0 unspecified atom stereocenters. The summed E-state index contributed by atoms with van der Waals surface area (Å²) in [6, 6.07) is 16.5. The number of hydrogen-bond donors (Lipinski definition) is 2. The number of ether oxygens (including phenoxy) is 2. The minimum absolute atomic E-state index is 0. The maximum Gasteiger partial charge on any atom is 0.193 e. The van der Waals surface area contributed by atoms with Crippen molar-refractivity contribution in [1.82, 2.24) is 0 Å². The van der Waals surface area contributed by atoms with E-state index < -0.39 is 58.9 Å². The third kappa shape index (κ3) is 4.96. The summed E-state index contributed by atoms with van der Waals surface area (Å²) in [5, 5.41) is 22.0. The highest BCUT2D eigenvalue weighted by Gasteiger charge is 2.79. The molecule has 9 atom stereocenters. The molecule has 3 saturated carbocycles. The summed E-state index contributed by atoms with van der Waals surface area (Å²) in [4.78, 5) is 28.2. The smallest absolute Gasteiger partial charge is 0.193 e. The van der Waals surface area contributed by atoms with Crippen molar-refractivity contribution in [3.8, 4) is 0 Å². The normalized spacial score (nSPS) is 38.6. The minimum atomic E-state index is -2.03. The van der Waals surface area contributed by atoms with E-state index in [1.807, 2.05) is 31.2 Å². The van der Waals surface area contributed by atoms with Crippen LogP contribution in [0.15, 0.2) is 82.1 Å². The number of carbonyl (C=O) groups excluding carboxylic acids is 2. The molecule has 252 valence electrons. The number of ketones is 2. The second kappa shape index (κ2) is 12.1. The van der Waals surface area contributed by atoms with Crippen molar-refractivity contribution >= 4 is 23.3 Å². The zero-order chi connectivity index (χ0) is 32.6. The van der Waals surface area contributed by atoms with Crippen molar-refractivity contribution in [2.24, 2.45) is 28.6 Å². The van der Waals surface area contributed by atoms with Gasteiger partial charge in [0, 0.05) is 32.1 Å². The number of aliphatic hydroxyl groups excluding tert-OH is 2. The van der Waals surface area contributed by atoms with Gasteiger partial charge in [0.1, 0.15) is 6.61 Å². The Hall–Kier alpha value is -2.62. The Kier molecular flexibility index (Phi) is 8.79.